The molecule has 1 aliphatic heterocycles. The molecule has 3 heterocycles. The summed E-state index contributed by atoms with van der Waals surface area (Å²) in [5.41, 5.74) is 7.52. The number of carbonyl (C=O) groups is 1. The summed E-state index contributed by atoms with van der Waals surface area (Å²) < 4.78 is 5.89. The Bertz CT molecular complexity index is 1350. The van der Waals surface area contributed by atoms with Crippen LogP contribution in [0.15, 0.2) is 42.6 Å². The summed E-state index contributed by atoms with van der Waals surface area (Å²) in [4.78, 5) is 21.4. The average molecular weight is 412 g/mol. The number of aliphatic carboxylic acids is 1. The fraction of sp³-hybridized carbons (Fsp3) is 0.269. The van der Waals surface area contributed by atoms with Crippen LogP contribution >= 0.6 is 0 Å². The SMILES string of the molecule is Cc1cc2nc(C(C)C)ccc2c(-c2ccc3c4c(ccnc24)CCO3)c1CC(=O)O. The minimum absolute atomic E-state index is 0.0531. The molecular formula is C26H24N2O3. The van der Waals surface area contributed by atoms with Gasteiger partial charge < -0.3 is 9.84 Å². The van der Waals surface area contributed by atoms with Crippen LogP contribution in [0.25, 0.3) is 32.9 Å². The highest BCUT2D eigenvalue weighted by Gasteiger charge is 2.22. The summed E-state index contributed by atoms with van der Waals surface area (Å²) in [6.45, 7) is 6.87. The molecule has 0 amide bonds. The molecule has 0 saturated carbocycles. The van der Waals surface area contributed by atoms with Crippen LogP contribution in [0.1, 0.15) is 42.1 Å². The Kier molecular flexibility index (Phi) is 4.62. The molecule has 5 nitrogen and oxygen atoms in total. The Morgan fingerprint density at radius 2 is 2.03 bits per heavy atom. The highest BCUT2D eigenvalue weighted by molar-refractivity contribution is 6.07. The first kappa shape index (κ1) is 19.5. The fourth-order valence-corrected chi connectivity index (χ4v) is 4.58. The van der Waals surface area contributed by atoms with Crippen molar-refractivity contribution in [3.63, 3.8) is 0 Å². The van der Waals surface area contributed by atoms with Crippen molar-refractivity contribution in [2.75, 3.05) is 6.61 Å². The Labute approximate surface area is 180 Å². The lowest BCUT2D eigenvalue weighted by Crippen LogP contribution is -2.10. The first-order valence-corrected chi connectivity index (χ1v) is 10.6. The van der Waals surface area contributed by atoms with Gasteiger partial charge in [-0.3, -0.25) is 14.8 Å². The summed E-state index contributed by atoms with van der Waals surface area (Å²) in [5.74, 6) is 0.297. The molecule has 1 aliphatic rings. The Hall–Kier alpha value is -3.47. The van der Waals surface area contributed by atoms with Gasteiger partial charge in [0.25, 0.3) is 0 Å². The molecule has 0 atom stereocenters. The second-order valence-corrected chi connectivity index (χ2v) is 8.48. The lowest BCUT2D eigenvalue weighted by atomic mass is 9.87. The van der Waals surface area contributed by atoms with Gasteiger partial charge in [-0.05, 0) is 65.4 Å². The van der Waals surface area contributed by atoms with Gasteiger partial charge >= 0.3 is 5.97 Å². The molecule has 4 aromatic rings. The van der Waals surface area contributed by atoms with Crippen LogP contribution in [0.4, 0.5) is 0 Å². The normalized spacial score (nSPS) is 13.0. The van der Waals surface area contributed by atoms with Gasteiger partial charge in [-0.2, -0.15) is 0 Å². The number of carboxylic acids is 1. The van der Waals surface area contributed by atoms with Gasteiger partial charge in [-0.15, -0.1) is 0 Å². The van der Waals surface area contributed by atoms with Crippen molar-refractivity contribution in [3.8, 4) is 16.9 Å². The van der Waals surface area contributed by atoms with Crippen molar-refractivity contribution in [1.82, 2.24) is 9.97 Å². The van der Waals surface area contributed by atoms with Crippen LogP contribution in [-0.2, 0) is 17.6 Å². The number of aryl methyl sites for hydroxylation is 1. The third-order valence-electron chi connectivity index (χ3n) is 6.10. The predicted molar refractivity (Wildman–Crippen MR) is 122 cm³/mol. The number of benzene rings is 2. The zero-order valence-electron chi connectivity index (χ0n) is 17.9. The third-order valence-corrected chi connectivity index (χ3v) is 6.10. The molecule has 31 heavy (non-hydrogen) atoms. The molecule has 5 rings (SSSR count). The van der Waals surface area contributed by atoms with Gasteiger partial charge in [0, 0.05) is 34.6 Å². The Balaban J connectivity index is 1.89. The number of pyridine rings is 2. The van der Waals surface area contributed by atoms with Gasteiger partial charge in [0.05, 0.1) is 24.1 Å². The number of hydrogen-bond donors (Lipinski definition) is 1. The molecule has 1 N–H and O–H groups in total. The maximum Gasteiger partial charge on any atom is 0.307 e. The van der Waals surface area contributed by atoms with Crippen LogP contribution in [0.3, 0.4) is 0 Å². The maximum atomic E-state index is 11.8. The third kappa shape index (κ3) is 3.21. The molecule has 0 bridgehead atoms. The van der Waals surface area contributed by atoms with E-state index in [1.165, 1.54) is 5.56 Å². The van der Waals surface area contributed by atoms with Crippen molar-refractivity contribution in [3.05, 3.63) is 65.0 Å². The number of hydrogen-bond acceptors (Lipinski definition) is 4. The Morgan fingerprint density at radius 1 is 1.19 bits per heavy atom. The number of fused-ring (bicyclic) bond motifs is 1. The van der Waals surface area contributed by atoms with Gasteiger partial charge in [-0.1, -0.05) is 19.9 Å². The lowest BCUT2D eigenvalue weighted by molar-refractivity contribution is -0.136. The number of carboxylic acid groups (broad SMARTS) is 1. The quantitative estimate of drug-likeness (QED) is 0.483. The van der Waals surface area contributed by atoms with Gasteiger partial charge in [-0.25, -0.2) is 0 Å². The van der Waals surface area contributed by atoms with Gasteiger partial charge in [0.1, 0.15) is 5.75 Å². The fourth-order valence-electron chi connectivity index (χ4n) is 4.58. The van der Waals surface area contributed by atoms with Crippen molar-refractivity contribution < 1.29 is 14.6 Å². The summed E-state index contributed by atoms with van der Waals surface area (Å²) in [7, 11) is 0. The predicted octanol–water partition coefficient (Wildman–Crippen LogP) is 5.44. The van der Waals surface area contributed by atoms with E-state index in [4.69, 9.17) is 14.7 Å². The van der Waals surface area contributed by atoms with Crippen molar-refractivity contribution in [2.24, 2.45) is 0 Å². The molecule has 0 saturated heterocycles. The van der Waals surface area contributed by atoms with Crippen LogP contribution < -0.4 is 4.74 Å². The first-order chi connectivity index (χ1) is 14.9. The highest BCUT2D eigenvalue weighted by Crippen LogP contribution is 2.42. The number of aromatic nitrogens is 2. The van der Waals surface area contributed by atoms with Crippen LogP contribution in [0.2, 0.25) is 0 Å². The van der Waals surface area contributed by atoms with E-state index < -0.39 is 5.97 Å². The molecule has 0 radical (unpaired) electrons. The van der Waals surface area contributed by atoms with E-state index in [2.05, 4.69) is 19.9 Å². The molecule has 2 aromatic carbocycles. The minimum atomic E-state index is -0.852. The van der Waals surface area contributed by atoms with Crippen LogP contribution in [0, 0.1) is 6.92 Å². The standard InChI is InChI=1S/C26H24N2O3/c1-14(2)20-6-4-17-21(28-20)12-15(3)19(13-23(29)30)25(17)18-5-7-22-24-16(9-11-31-22)8-10-27-26(18)24/h4-8,10,12,14H,9,11,13H2,1-3H3,(H,29,30). The molecule has 156 valence electrons. The molecule has 2 aromatic heterocycles. The van der Waals surface area contributed by atoms with E-state index in [1.54, 1.807) is 0 Å². The largest absolute Gasteiger partial charge is 0.493 e. The van der Waals surface area contributed by atoms with Gasteiger partial charge in [0.2, 0.25) is 0 Å². The zero-order valence-corrected chi connectivity index (χ0v) is 17.9. The number of nitrogens with zero attached hydrogens (tertiary/aromatic N) is 2. The minimum Gasteiger partial charge on any atom is -0.493 e. The van der Waals surface area contributed by atoms with Crippen molar-refractivity contribution in [1.29, 1.82) is 0 Å². The highest BCUT2D eigenvalue weighted by atomic mass is 16.5. The van der Waals surface area contributed by atoms with Crippen LogP contribution in [-0.4, -0.2) is 27.7 Å². The number of rotatable bonds is 4. The second kappa shape index (κ2) is 7.34. The van der Waals surface area contributed by atoms with E-state index in [9.17, 15) is 9.90 Å². The summed E-state index contributed by atoms with van der Waals surface area (Å²) >= 11 is 0. The molecule has 0 spiro atoms. The Morgan fingerprint density at radius 3 is 2.81 bits per heavy atom. The average Bonchev–Trinajstić information content (AvgIpc) is 2.75. The summed E-state index contributed by atoms with van der Waals surface area (Å²) in [6, 6.07) is 12.2. The van der Waals surface area contributed by atoms with Gasteiger partial charge in [0.15, 0.2) is 0 Å². The second-order valence-electron chi connectivity index (χ2n) is 8.48. The topological polar surface area (TPSA) is 72.3 Å². The summed E-state index contributed by atoms with van der Waals surface area (Å²) in [5, 5.41) is 11.6. The van der Waals surface area contributed by atoms with E-state index >= 15 is 0 Å². The molecule has 0 unspecified atom stereocenters. The maximum absolute atomic E-state index is 11.8. The molecule has 0 aliphatic carbocycles. The lowest BCUT2D eigenvalue weighted by Gasteiger charge is -2.21. The summed E-state index contributed by atoms with van der Waals surface area (Å²) in [6.07, 6.45) is 2.62. The van der Waals surface area contributed by atoms with E-state index in [0.717, 1.165) is 61.9 Å². The van der Waals surface area contributed by atoms with Crippen LogP contribution in [0.5, 0.6) is 5.75 Å². The zero-order chi connectivity index (χ0) is 21.7. The van der Waals surface area contributed by atoms with E-state index in [-0.39, 0.29) is 6.42 Å². The smallest absolute Gasteiger partial charge is 0.307 e. The number of ether oxygens (including phenoxy) is 1. The van der Waals surface area contributed by atoms with Crippen molar-refractivity contribution >= 4 is 27.8 Å². The molecule has 5 heteroatoms. The monoisotopic (exact) mass is 412 g/mol. The van der Waals surface area contributed by atoms with E-state index in [1.807, 2.05) is 43.5 Å². The molecular weight excluding hydrogens is 388 g/mol. The molecule has 0 fully saturated rings. The first-order valence-electron chi connectivity index (χ1n) is 10.6. The van der Waals surface area contributed by atoms with E-state index in [0.29, 0.717) is 12.5 Å². The van der Waals surface area contributed by atoms with Crippen molar-refractivity contribution in [2.45, 2.75) is 39.5 Å².